The molecule has 1 fully saturated rings. The number of carbonyl (C=O) groups is 1. The maximum atomic E-state index is 12.7. The molecule has 5 nitrogen and oxygen atoms in total. The van der Waals surface area contributed by atoms with E-state index in [1.54, 1.807) is 17.5 Å². The lowest BCUT2D eigenvalue weighted by atomic mass is 10.0. The van der Waals surface area contributed by atoms with Crippen molar-refractivity contribution in [2.75, 3.05) is 11.9 Å². The van der Waals surface area contributed by atoms with Crippen LogP contribution in [-0.4, -0.2) is 27.4 Å². The summed E-state index contributed by atoms with van der Waals surface area (Å²) in [6, 6.07) is 14.0. The van der Waals surface area contributed by atoms with Crippen molar-refractivity contribution in [3.05, 3.63) is 80.2 Å². The number of aromatic nitrogens is 1. The maximum Gasteiger partial charge on any atom is 0.226 e. The Hall–Kier alpha value is -2.29. The monoisotopic (exact) mass is 514 g/mol. The summed E-state index contributed by atoms with van der Waals surface area (Å²) in [6.45, 7) is 4.54. The largest absolute Gasteiger partial charge is 0.352 e. The fraction of sp³-hybridized carbons (Fsp3) is 0.261. The number of rotatable bonds is 6. The minimum absolute atomic E-state index is 0.0211. The van der Waals surface area contributed by atoms with Crippen molar-refractivity contribution < 1.29 is 4.79 Å². The van der Waals surface area contributed by atoms with Crippen molar-refractivity contribution in [1.29, 1.82) is 0 Å². The Kier molecular flexibility index (Phi) is 6.69. The van der Waals surface area contributed by atoms with Gasteiger partial charge in [-0.25, -0.2) is 0 Å². The number of hydrogen-bond donors (Lipinski definition) is 2. The minimum Gasteiger partial charge on any atom is -0.352 e. The molecular weight excluding hydrogens is 492 g/mol. The fourth-order valence-electron chi connectivity index (χ4n) is 3.74. The van der Waals surface area contributed by atoms with Crippen molar-refractivity contribution >= 4 is 56.2 Å². The zero-order chi connectivity index (χ0) is 22.0. The predicted octanol–water partition coefficient (Wildman–Crippen LogP) is 5.52. The first-order valence-corrected chi connectivity index (χ1v) is 12.1. The van der Waals surface area contributed by atoms with Gasteiger partial charge in [0.2, 0.25) is 5.91 Å². The zero-order valence-electron chi connectivity index (χ0n) is 17.3. The lowest BCUT2D eigenvalue weighted by Gasteiger charge is -2.26. The average molecular weight is 516 g/mol. The number of carbonyl (C=O) groups excluding carboxylic acids is 1. The molecular formula is C23H23BrN4OS2. The average Bonchev–Trinajstić information content (AvgIpc) is 3.32. The van der Waals surface area contributed by atoms with E-state index < -0.39 is 0 Å². The number of halogens is 1. The molecule has 0 spiro atoms. The lowest BCUT2D eigenvalue weighted by Crippen LogP contribution is -2.32. The predicted molar refractivity (Wildman–Crippen MR) is 133 cm³/mol. The third kappa shape index (κ3) is 4.97. The van der Waals surface area contributed by atoms with Crippen molar-refractivity contribution in [3.63, 3.8) is 0 Å². The zero-order valence-corrected chi connectivity index (χ0v) is 20.5. The van der Waals surface area contributed by atoms with Crippen molar-refractivity contribution in [2.24, 2.45) is 0 Å². The Morgan fingerprint density at radius 3 is 2.84 bits per heavy atom. The Morgan fingerprint density at radius 2 is 2.13 bits per heavy atom. The van der Waals surface area contributed by atoms with E-state index in [0.29, 0.717) is 18.1 Å². The summed E-state index contributed by atoms with van der Waals surface area (Å²) in [5.41, 5.74) is 3.96. The van der Waals surface area contributed by atoms with Crippen LogP contribution in [0.1, 0.15) is 40.2 Å². The van der Waals surface area contributed by atoms with Crippen LogP contribution in [-0.2, 0) is 4.79 Å². The van der Waals surface area contributed by atoms with Gasteiger partial charge in [0.05, 0.1) is 17.8 Å². The van der Waals surface area contributed by atoms with Crippen LogP contribution in [0.25, 0.3) is 0 Å². The lowest BCUT2D eigenvalue weighted by molar-refractivity contribution is -0.116. The SMILES string of the molecule is Cc1ccc(C)c(NC(=O)CCN2C(=S)N[C@H](c3ccccn3)[C@@H]2c2cc(Br)cs2)c1. The van der Waals surface area contributed by atoms with E-state index >= 15 is 0 Å². The Labute approximate surface area is 200 Å². The summed E-state index contributed by atoms with van der Waals surface area (Å²) in [4.78, 5) is 20.5. The highest BCUT2D eigenvalue weighted by molar-refractivity contribution is 9.10. The number of benzene rings is 1. The van der Waals surface area contributed by atoms with Crippen LogP contribution in [0.2, 0.25) is 0 Å². The van der Waals surface area contributed by atoms with E-state index in [2.05, 4.69) is 47.9 Å². The molecule has 4 rings (SSSR count). The van der Waals surface area contributed by atoms with Crippen molar-refractivity contribution in [2.45, 2.75) is 32.4 Å². The van der Waals surface area contributed by atoms with Crippen molar-refractivity contribution in [1.82, 2.24) is 15.2 Å². The highest BCUT2D eigenvalue weighted by atomic mass is 79.9. The van der Waals surface area contributed by atoms with Crippen molar-refractivity contribution in [3.8, 4) is 0 Å². The highest BCUT2D eigenvalue weighted by Crippen LogP contribution is 2.41. The van der Waals surface area contributed by atoms with Crippen LogP contribution in [0.15, 0.2) is 58.5 Å². The second-order valence-corrected chi connectivity index (χ2v) is 9.85. The third-order valence-corrected chi connectivity index (χ3v) is 7.44. The van der Waals surface area contributed by atoms with Crippen LogP contribution < -0.4 is 10.6 Å². The first-order chi connectivity index (χ1) is 14.9. The van der Waals surface area contributed by atoms with Crippen LogP contribution in [0.3, 0.4) is 0 Å². The number of aryl methyl sites for hydroxylation is 2. The molecule has 1 aliphatic rings. The summed E-state index contributed by atoms with van der Waals surface area (Å²) < 4.78 is 1.04. The second-order valence-electron chi connectivity index (χ2n) is 7.60. The van der Waals surface area contributed by atoms with E-state index in [1.807, 2.05) is 50.2 Å². The molecule has 2 aromatic heterocycles. The van der Waals surface area contributed by atoms with Crippen LogP contribution >= 0.6 is 39.5 Å². The number of hydrogen-bond acceptors (Lipinski definition) is 4. The van der Waals surface area contributed by atoms with Crippen LogP contribution in [0.5, 0.6) is 0 Å². The molecule has 0 unspecified atom stereocenters. The standard InChI is InChI=1S/C23H23BrN4OS2/c1-14-6-7-15(2)18(11-14)26-20(29)8-10-28-22(19-12-16(24)13-31-19)21(27-23(28)30)17-5-3-4-9-25-17/h3-7,9,11-13,21-22H,8,10H2,1-2H3,(H,26,29)(H,27,30)/t21-,22+/m1/s1. The molecule has 0 aliphatic carbocycles. The molecule has 0 saturated carbocycles. The summed E-state index contributed by atoms with van der Waals surface area (Å²) in [5.74, 6) is -0.0242. The summed E-state index contributed by atoms with van der Waals surface area (Å²) >= 11 is 10.9. The Bertz CT molecular complexity index is 1100. The van der Waals surface area contributed by atoms with E-state index in [-0.39, 0.29) is 18.0 Å². The molecule has 2 atom stereocenters. The fourth-order valence-corrected chi connectivity index (χ4v) is 5.67. The van der Waals surface area contributed by atoms with E-state index in [0.717, 1.165) is 27.0 Å². The molecule has 8 heteroatoms. The smallest absolute Gasteiger partial charge is 0.226 e. The molecule has 31 heavy (non-hydrogen) atoms. The number of nitrogens with one attached hydrogen (secondary N) is 2. The molecule has 3 heterocycles. The van der Waals surface area contributed by atoms with E-state index in [4.69, 9.17) is 12.2 Å². The molecule has 3 aromatic rings. The Balaban J connectivity index is 1.52. The number of thiophene rings is 1. The van der Waals surface area contributed by atoms with Gasteiger partial charge in [-0.2, -0.15) is 0 Å². The molecule has 1 aliphatic heterocycles. The maximum absolute atomic E-state index is 12.7. The molecule has 160 valence electrons. The minimum atomic E-state index is -0.0682. The molecule has 0 radical (unpaired) electrons. The highest BCUT2D eigenvalue weighted by Gasteiger charge is 2.40. The quantitative estimate of drug-likeness (QED) is 0.424. The summed E-state index contributed by atoms with van der Waals surface area (Å²) in [5, 5.41) is 9.18. The first kappa shape index (κ1) is 21.9. The third-order valence-electron chi connectivity index (χ3n) is 5.32. The Morgan fingerprint density at radius 1 is 1.29 bits per heavy atom. The molecule has 1 aromatic carbocycles. The van der Waals surface area contributed by atoms with Crippen LogP contribution in [0, 0.1) is 13.8 Å². The number of amides is 1. The van der Waals surface area contributed by atoms with Crippen LogP contribution in [0.4, 0.5) is 5.69 Å². The number of thiocarbonyl (C=S) groups is 1. The van der Waals surface area contributed by atoms with Gasteiger partial charge in [0.1, 0.15) is 0 Å². The molecule has 2 N–H and O–H groups in total. The molecule has 0 bridgehead atoms. The number of anilines is 1. The van der Waals surface area contributed by atoms with Gasteiger partial charge in [0.25, 0.3) is 0 Å². The van der Waals surface area contributed by atoms with Gasteiger partial charge in [-0.3, -0.25) is 9.78 Å². The van der Waals surface area contributed by atoms with Gasteiger partial charge in [-0.15, -0.1) is 11.3 Å². The summed E-state index contributed by atoms with van der Waals surface area (Å²) in [7, 11) is 0. The molecule has 1 saturated heterocycles. The second kappa shape index (κ2) is 9.46. The number of pyridine rings is 1. The van der Waals surface area contributed by atoms with E-state index in [9.17, 15) is 4.79 Å². The number of nitrogens with zero attached hydrogens (tertiary/aromatic N) is 2. The van der Waals surface area contributed by atoms with Gasteiger partial charge in [-0.1, -0.05) is 18.2 Å². The van der Waals surface area contributed by atoms with Gasteiger partial charge < -0.3 is 15.5 Å². The first-order valence-electron chi connectivity index (χ1n) is 10.0. The topological polar surface area (TPSA) is 57.3 Å². The van der Waals surface area contributed by atoms with Gasteiger partial charge in [0, 0.05) is 39.6 Å². The molecule has 1 amide bonds. The summed E-state index contributed by atoms with van der Waals surface area (Å²) in [6.07, 6.45) is 2.13. The normalized spacial score (nSPS) is 18.2. The van der Waals surface area contributed by atoms with E-state index in [1.165, 1.54) is 4.88 Å². The van der Waals surface area contributed by atoms with Gasteiger partial charge in [-0.05, 0) is 77.4 Å². The van der Waals surface area contributed by atoms with Gasteiger partial charge >= 0.3 is 0 Å². The van der Waals surface area contributed by atoms with Gasteiger partial charge in [0.15, 0.2) is 5.11 Å².